The maximum absolute atomic E-state index is 12.6. The van der Waals surface area contributed by atoms with E-state index < -0.39 is 0 Å². The van der Waals surface area contributed by atoms with Crippen molar-refractivity contribution in [3.63, 3.8) is 0 Å². The molecule has 1 spiro atoms. The molecular weight excluding hydrogens is 304 g/mol. The summed E-state index contributed by atoms with van der Waals surface area (Å²) in [7, 11) is 0. The van der Waals surface area contributed by atoms with Crippen LogP contribution in [0, 0.1) is 12.8 Å². The lowest BCUT2D eigenvalue weighted by Crippen LogP contribution is -2.47. The highest BCUT2D eigenvalue weighted by Crippen LogP contribution is 2.44. The molecule has 1 aromatic rings. The van der Waals surface area contributed by atoms with Gasteiger partial charge in [-0.05, 0) is 56.7 Å². The van der Waals surface area contributed by atoms with Crippen molar-refractivity contribution in [3.8, 4) is 0 Å². The molecule has 2 aliphatic rings. The van der Waals surface area contributed by atoms with Crippen LogP contribution in [0.2, 0.25) is 0 Å². The highest BCUT2D eigenvalue weighted by Gasteiger charge is 2.44. The zero-order chi connectivity index (χ0) is 13.5. The molecule has 1 aliphatic carbocycles. The molecule has 0 aromatic heterocycles. The van der Waals surface area contributed by atoms with Crippen LogP contribution in [0.4, 0.5) is 0 Å². The summed E-state index contributed by atoms with van der Waals surface area (Å²) in [6, 6.07) is 5.90. The summed E-state index contributed by atoms with van der Waals surface area (Å²) in [5.74, 6) is 0.444. The second kappa shape index (κ2) is 5.02. The van der Waals surface area contributed by atoms with Gasteiger partial charge in [0, 0.05) is 22.6 Å². The molecule has 19 heavy (non-hydrogen) atoms. The van der Waals surface area contributed by atoms with Crippen LogP contribution in [0.3, 0.4) is 0 Å². The van der Waals surface area contributed by atoms with Crippen LogP contribution in [0.1, 0.15) is 48.0 Å². The van der Waals surface area contributed by atoms with Gasteiger partial charge < -0.3 is 4.74 Å². The van der Waals surface area contributed by atoms with Gasteiger partial charge in [-0.1, -0.05) is 22.0 Å². The number of rotatable bonds is 2. The first-order chi connectivity index (χ1) is 9.10. The van der Waals surface area contributed by atoms with Gasteiger partial charge in [0.25, 0.3) is 0 Å². The number of hydrogen-bond donors (Lipinski definition) is 0. The zero-order valence-electron chi connectivity index (χ0n) is 11.2. The topological polar surface area (TPSA) is 26.3 Å². The molecule has 2 fully saturated rings. The molecule has 0 N–H and O–H groups in total. The van der Waals surface area contributed by atoms with Gasteiger partial charge in [-0.15, -0.1) is 0 Å². The average Bonchev–Trinajstić information content (AvgIpc) is 2.39. The summed E-state index contributed by atoms with van der Waals surface area (Å²) in [4.78, 5) is 12.6. The minimum absolute atomic E-state index is 0.0446. The van der Waals surface area contributed by atoms with Crippen molar-refractivity contribution in [3.05, 3.63) is 33.8 Å². The fraction of sp³-hybridized carbons (Fsp3) is 0.562. The quantitative estimate of drug-likeness (QED) is 0.759. The number of ether oxygens (including phenoxy) is 1. The Morgan fingerprint density at radius 1 is 1.42 bits per heavy atom. The number of carbonyl (C=O) groups excluding carboxylic acids is 1. The molecule has 102 valence electrons. The molecule has 1 aliphatic heterocycles. The Morgan fingerprint density at radius 3 is 2.84 bits per heavy atom. The second-order valence-electron chi connectivity index (χ2n) is 5.90. The van der Waals surface area contributed by atoms with E-state index in [1.807, 2.05) is 25.1 Å². The van der Waals surface area contributed by atoms with Gasteiger partial charge in [-0.25, -0.2) is 0 Å². The first-order valence-electron chi connectivity index (χ1n) is 7.04. The monoisotopic (exact) mass is 322 g/mol. The molecule has 0 amide bonds. The zero-order valence-corrected chi connectivity index (χ0v) is 12.8. The van der Waals surface area contributed by atoms with Gasteiger partial charge in [0.1, 0.15) is 0 Å². The predicted molar refractivity (Wildman–Crippen MR) is 78.5 cm³/mol. The number of carbonyl (C=O) groups is 1. The molecule has 1 saturated carbocycles. The van der Waals surface area contributed by atoms with Crippen LogP contribution >= 0.6 is 15.9 Å². The van der Waals surface area contributed by atoms with Gasteiger partial charge in [0.05, 0.1) is 5.60 Å². The Morgan fingerprint density at radius 2 is 2.21 bits per heavy atom. The summed E-state index contributed by atoms with van der Waals surface area (Å²) < 4.78 is 6.96. The lowest BCUT2D eigenvalue weighted by Gasteiger charge is -2.46. The summed E-state index contributed by atoms with van der Waals surface area (Å²) >= 11 is 3.48. The van der Waals surface area contributed by atoms with Gasteiger partial charge in [-0.3, -0.25) is 4.79 Å². The molecule has 1 aromatic carbocycles. The van der Waals surface area contributed by atoms with E-state index in [0.29, 0.717) is 5.78 Å². The van der Waals surface area contributed by atoms with E-state index in [0.717, 1.165) is 47.9 Å². The molecule has 1 atom stereocenters. The average molecular weight is 323 g/mol. The molecule has 0 radical (unpaired) electrons. The predicted octanol–water partition coefficient (Wildman–Crippen LogP) is 4.29. The van der Waals surface area contributed by atoms with Crippen LogP contribution in [0.15, 0.2) is 22.7 Å². The molecule has 0 bridgehead atoms. The van der Waals surface area contributed by atoms with E-state index in [4.69, 9.17) is 4.74 Å². The maximum Gasteiger partial charge on any atom is 0.166 e. The second-order valence-corrected chi connectivity index (χ2v) is 6.76. The first kappa shape index (κ1) is 13.3. The lowest BCUT2D eigenvalue weighted by atomic mass is 9.70. The van der Waals surface area contributed by atoms with Crippen molar-refractivity contribution in [2.24, 2.45) is 5.92 Å². The number of ketones is 1. The molecule has 3 heteroatoms. The number of benzene rings is 1. The van der Waals surface area contributed by atoms with Crippen molar-refractivity contribution in [1.82, 2.24) is 0 Å². The molecule has 1 unspecified atom stereocenters. The van der Waals surface area contributed by atoms with E-state index in [1.165, 1.54) is 6.42 Å². The number of hydrogen-bond acceptors (Lipinski definition) is 2. The summed E-state index contributed by atoms with van der Waals surface area (Å²) in [5.41, 5.74) is 2.02. The Bertz CT molecular complexity index is 505. The normalized spacial score (nSPS) is 25.1. The van der Waals surface area contributed by atoms with Crippen LogP contribution in [-0.4, -0.2) is 18.0 Å². The molecule has 3 rings (SSSR count). The Balaban J connectivity index is 1.77. The largest absolute Gasteiger partial charge is 0.375 e. The number of Topliss-reactive ketones (excluding diaryl/α,β-unsaturated/α-hetero) is 1. The van der Waals surface area contributed by atoms with Gasteiger partial charge in [0.15, 0.2) is 5.78 Å². The van der Waals surface area contributed by atoms with Crippen molar-refractivity contribution in [2.75, 3.05) is 6.61 Å². The van der Waals surface area contributed by atoms with Crippen molar-refractivity contribution in [1.29, 1.82) is 0 Å². The molecule has 1 heterocycles. The van der Waals surface area contributed by atoms with Crippen LogP contribution in [0.25, 0.3) is 0 Å². The third-order valence-corrected chi connectivity index (χ3v) is 5.46. The summed E-state index contributed by atoms with van der Waals surface area (Å²) in [6.07, 6.45) is 5.31. The van der Waals surface area contributed by atoms with E-state index in [9.17, 15) is 4.79 Å². The smallest absolute Gasteiger partial charge is 0.166 e. The van der Waals surface area contributed by atoms with Crippen LogP contribution in [-0.2, 0) is 4.74 Å². The number of aryl methyl sites for hydroxylation is 1. The van der Waals surface area contributed by atoms with Crippen molar-refractivity contribution >= 4 is 21.7 Å². The minimum atomic E-state index is 0.0446. The molecular formula is C16H19BrO2. The van der Waals surface area contributed by atoms with Gasteiger partial charge >= 0.3 is 0 Å². The van der Waals surface area contributed by atoms with Gasteiger partial charge in [0.2, 0.25) is 0 Å². The Labute approximate surface area is 122 Å². The van der Waals surface area contributed by atoms with Crippen LogP contribution in [0.5, 0.6) is 0 Å². The fourth-order valence-electron chi connectivity index (χ4n) is 3.20. The van der Waals surface area contributed by atoms with Crippen molar-refractivity contribution < 1.29 is 9.53 Å². The highest BCUT2D eigenvalue weighted by atomic mass is 79.9. The van der Waals surface area contributed by atoms with Crippen LogP contribution < -0.4 is 0 Å². The van der Waals surface area contributed by atoms with E-state index in [1.54, 1.807) is 0 Å². The third kappa shape index (κ3) is 2.50. The fourth-order valence-corrected chi connectivity index (χ4v) is 3.45. The summed E-state index contributed by atoms with van der Waals surface area (Å²) in [6.45, 7) is 2.77. The van der Waals surface area contributed by atoms with Crippen molar-refractivity contribution in [2.45, 2.75) is 44.6 Å². The maximum atomic E-state index is 12.6. The Kier molecular flexibility index (Phi) is 3.52. The SMILES string of the molecule is Cc1cc(C(=O)C2CCOC3(CCC3)C2)ccc1Br. The third-order valence-electron chi connectivity index (χ3n) is 4.57. The van der Waals surface area contributed by atoms with Gasteiger partial charge in [-0.2, -0.15) is 0 Å². The summed E-state index contributed by atoms with van der Waals surface area (Å²) in [5, 5.41) is 0. The highest BCUT2D eigenvalue weighted by molar-refractivity contribution is 9.10. The van der Waals surface area contributed by atoms with E-state index in [2.05, 4.69) is 15.9 Å². The Hall–Kier alpha value is -0.670. The minimum Gasteiger partial charge on any atom is -0.375 e. The standard InChI is InChI=1S/C16H19BrO2/c1-11-9-12(3-4-14(11)17)15(18)13-5-8-19-16(10-13)6-2-7-16/h3-4,9,13H,2,5-8,10H2,1H3. The van der Waals surface area contributed by atoms with E-state index in [-0.39, 0.29) is 11.5 Å². The number of halogens is 1. The van der Waals surface area contributed by atoms with E-state index >= 15 is 0 Å². The lowest BCUT2D eigenvalue weighted by molar-refractivity contribution is -0.137. The first-order valence-corrected chi connectivity index (χ1v) is 7.83. The molecule has 1 saturated heterocycles. The molecule has 2 nitrogen and oxygen atoms in total.